The Kier molecular flexibility index (Phi) is 16.3. The van der Waals surface area contributed by atoms with Gasteiger partial charge in [0.2, 0.25) is 5.91 Å². The van der Waals surface area contributed by atoms with Gasteiger partial charge in [-0.1, -0.05) is 53.7 Å². The van der Waals surface area contributed by atoms with Crippen molar-refractivity contribution >= 4 is 17.9 Å². The summed E-state index contributed by atoms with van der Waals surface area (Å²) in [6.07, 6.45) is 1.56. The van der Waals surface area contributed by atoms with Gasteiger partial charge in [0.1, 0.15) is 18.6 Å². The second-order valence-corrected chi connectivity index (χ2v) is 6.23. The minimum absolute atomic E-state index is 0.200. The molecule has 3 atom stereocenters. The van der Waals surface area contributed by atoms with Crippen LogP contribution in [-0.2, 0) is 9.59 Å². The predicted molar refractivity (Wildman–Crippen MR) is 120 cm³/mol. The molecule has 28 heavy (non-hydrogen) atoms. The van der Waals surface area contributed by atoms with Gasteiger partial charge in [-0.25, -0.2) is 0 Å². The number of anilines is 1. The van der Waals surface area contributed by atoms with Gasteiger partial charge in [0, 0.05) is 19.2 Å². The second kappa shape index (κ2) is 16.1. The fourth-order valence-corrected chi connectivity index (χ4v) is 3.15. The summed E-state index contributed by atoms with van der Waals surface area (Å²) in [4.78, 5) is 24.9. The Hall–Kier alpha value is -1.88. The number of hydrogen-bond acceptors (Lipinski definition) is 4. The minimum atomic E-state index is -0.844. The number of aliphatic hydroxyl groups excluding tert-OH is 1. The molecule has 1 amide bonds. The summed E-state index contributed by atoms with van der Waals surface area (Å²) in [6, 6.07) is 5.33. The lowest BCUT2D eigenvalue weighted by molar-refractivity contribution is -0.122. The zero-order valence-corrected chi connectivity index (χ0v) is 19.4. The van der Waals surface area contributed by atoms with Gasteiger partial charge in [0.05, 0.1) is 0 Å². The van der Waals surface area contributed by atoms with Crippen molar-refractivity contribution in [3.05, 3.63) is 29.3 Å². The maximum absolute atomic E-state index is 12.4. The summed E-state index contributed by atoms with van der Waals surface area (Å²) in [7, 11) is 1.57. The second-order valence-electron chi connectivity index (χ2n) is 6.23. The number of aldehydes is 1. The molecule has 1 rings (SSSR count). The molecule has 1 aromatic rings. The highest BCUT2D eigenvalue weighted by atomic mass is 16.3. The molecule has 0 spiro atoms. The molecule has 0 aromatic heterocycles. The van der Waals surface area contributed by atoms with E-state index in [9.17, 15) is 14.7 Å². The quantitative estimate of drug-likeness (QED) is 0.466. The van der Waals surface area contributed by atoms with E-state index in [2.05, 4.69) is 19.2 Å². The highest BCUT2D eigenvalue weighted by molar-refractivity contribution is 5.86. The van der Waals surface area contributed by atoms with Crippen LogP contribution < -0.4 is 10.2 Å². The summed E-state index contributed by atoms with van der Waals surface area (Å²) in [5.74, 6) is 0.105. The molecule has 0 radical (unpaired) electrons. The molecule has 2 N–H and O–H groups in total. The Bertz CT molecular complexity index is 559. The fourth-order valence-electron chi connectivity index (χ4n) is 3.15. The number of aryl methyl sites for hydroxylation is 1. The van der Waals surface area contributed by atoms with Crippen LogP contribution in [0.5, 0.6) is 0 Å². The first-order chi connectivity index (χ1) is 13.4. The largest absolute Gasteiger partial charge is 0.374 e. The van der Waals surface area contributed by atoms with Gasteiger partial charge >= 0.3 is 0 Å². The van der Waals surface area contributed by atoms with E-state index in [4.69, 9.17) is 0 Å². The molecule has 1 aromatic carbocycles. The van der Waals surface area contributed by atoms with Crippen LogP contribution in [0.2, 0.25) is 0 Å². The number of likely N-dealkylation sites (N-methyl/N-ethyl adjacent to an activating group) is 1. The van der Waals surface area contributed by atoms with Gasteiger partial charge in [-0.05, 0) is 49.8 Å². The van der Waals surface area contributed by atoms with Crippen LogP contribution in [0.15, 0.2) is 18.2 Å². The van der Waals surface area contributed by atoms with E-state index in [1.54, 1.807) is 18.9 Å². The normalized spacial score (nSPS) is 12.9. The number of carbonyl (C=O) groups excluding carboxylic acids is 2. The molecule has 0 aliphatic carbocycles. The number of nitrogens with zero attached hydrogens (tertiary/aromatic N) is 1. The molecular formula is C23H42N2O3. The number of benzene rings is 1. The standard InChI is InChI=1S/C19H30N2O3.2C2H6/c1-6-13(2)18-14(3)9-7-10-16(18)21(15(4)23)17(11-8-12-22)19(24)20-5;2*1-2/h7,9-10,12-13,15,17,23H,6,8,11H2,1-5H3,(H,20,24);2*1-2H3. The third kappa shape index (κ3) is 8.01. The van der Waals surface area contributed by atoms with Gasteiger partial charge in [0.15, 0.2) is 0 Å². The lowest BCUT2D eigenvalue weighted by Gasteiger charge is -2.37. The smallest absolute Gasteiger partial charge is 0.242 e. The number of carbonyl (C=O) groups is 2. The van der Waals surface area contributed by atoms with E-state index >= 15 is 0 Å². The van der Waals surface area contributed by atoms with Crippen molar-refractivity contribution in [2.45, 2.75) is 92.8 Å². The number of aliphatic hydroxyl groups is 1. The summed E-state index contributed by atoms with van der Waals surface area (Å²) >= 11 is 0. The SMILES string of the molecule is CC.CC.CCC(C)c1c(C)cccc1N(C(C)O)C(CCC=O)C(=O)NC. The molecular weight excluding hydrogens is 352 g/mol. The monoisotopic (exact) mass is 394 g/mol. The molecule has 162 valence electrons. The topological polar surface area (TPSA) is 69.6 Å². The van der Waals surface area contributed by atoms with E-state index in [0.717, 1.165) is 29.5 Å². The number of hydrogen-bond donors (Lipinski definition) is 2. The van der Waals surface area contributed by atoms with Gasteiger partial charge in [-0.3, -0.25) is 4.79 Å². The number of rotatable bonds is 9. The highest BCUT2D eigenvalue weighted by Crippen LogP contribution is 2.35. The third-order valence-electron chi connectivity index (χ3n) is 4.53. The highest BCUT2D eigenvalue weighted by Gasteiger charge is 2.30. The van der Waals surface area contributed by atoms with Crippen LogP contribution in [-0.4, -0.2) is 36.6 Å². The summed E-state index contributed by atoms with van der Waals surface area (Å²) in [5, 5.41) is 13.1. The first kappa shape index (κ1) is 28.3. The van der Waals surface area contributed by atoms with E-state index < -0.39 is 12.3 Å². The fraction of sp³-hybridized carbons (Fsp3) is 0.652. The maximum atomic E-state index is 12.4. The van der Waals surface area contributed by atoms with Crippen LogP contribution in [0.1, 0.15) is 84.8 Å². The van der Waals surface area contributed by atoms with Gasteiger partial charge in [0.25, 0.3) is 0 Å². The molecule has 0 saturated carbocycles. The molecule has 0 heterocycles. The Balaban J connectivity index is 0. The van der Waals surface area contributed by atoms with E-state index in [-0.39, 0.29) is 12.3 Å². The Morgan fingerprint density at radius 1 is 1.21 bits per heavy atom. The molecule has 5 heteroatoms. The van der Waals surface area contributed by atoms with Crippen molar-refractivity contribution in [2.24, 2.45) is 0 Å². The van der Waals surface area contributed by atoms with Crippen LogP contribution in [0.3, 0.4) is 0 Å². The van der Waals surface area contributed by atoms with Crippen molar-refractivity contribution < 1.29 is 14.7 Å². The summed E-state index contributed by atoms with van der Waals surface area (Å²) in [6.45, 7) is 16.0. The van der Waals surface area contributed by atoms with Gasteiger partial charge < -0.3 is 20.1 Å². The average molecular weight is 395 g/mol. The van der Waals surface area contributed by atoms with Crippen LogP contribution in [0, 0.1) is 6.92 Å². The summed E-state index contributed by atoms with van der Waals surface area (Å²) in [5.41, 5.74) is 3.14. The molecule has 5 nitrogen and oxygen atoms in total. The van der Waals surface area contributed by atoms with Crippen molar-refractivity contribution in [1.29, 1.82) is 0 Å². The Morgan fingerprint density at radius 3 is 2.21 bits per heavy atom. The zero-order chi connectivity index (χ0) is 22.3. The minimum Gasteiger partial charge on any atom is -0.374 e. The van der Waals surface area contributed by atoms with Crippen molar-refractivity contribution in [1.82, 2.24) is 5.32 Å². The van der Waals surface area contributed by atoms with Crippen molar-refractivity contribution in [3.63, 3.8) is 0 Å². The first-order valence-electron chi connectivity index (χ1n) is 10.6. The maximum Gasteiger partial charge on any atom is 0.242 e. The van der Waals surface area contributed by atoms with E-state index in [1.807, 2.05) is 52.8 Å². The average Bonchev–Trinajstić information content (AvgIpc) is 2.72. The molecule has 0 aliphatic heterocycles. The number of nitrogens with one attached hydrogen (secondary N) is 1. The lowest BCUT2D eigenvalue weighted by Crippen LogP contribution is -2.50. The van der Waals surface area contributed by atoms with E-state index in [1.165, 1.54) is 0 Å². The Labute approximate surface area is 172 Å². The van der Waals surface area contributed by atoms with Crippen LogP contribution >= 0.6 is 0 Å². The van der Waals surface area contributed by atoms with Crippen molar-refractivity contribution in [3.8, 4) is 0 Å². The molecule has 0 fully saturated rings. The van der Waals surface area contributed by atoms with Crippen LogP contribution in [0.25, 0.3) is 0 Å². The van der Waals surface area contributed by atoms with Gasteiger partial charge in [-0.15, -0.1) is 0 Å². The van der Waals surface area contributed by atoms with Crippen molar-refractivity contribution in [2.75, 3.05) is 11.9 Å². The molecule has 0 saturated heterocycles. The third-order valence-corrected chi connectivity index (χ3v) is 4.53. The molecule has 0 bridgehead atoms. The first-order valence-corrected chi connectivity index (χ1v) is 10.6. The molecule has 0 aliphatic rings. The number of amides is 1. The summed E-state index contributed by atoms with van der Waals surface area (Å²) < 4.78 is 0. The zero-order valence-electron chi connectivity index (χ0n) is 19.4. The lowest BCUT2D eigenvalue weighted by atomic mass is 9.91. The Morgan fingerprint density at radius 2 is 1.79 bits per heavy atom. The molecule has 3 unspecified atom stereocenters. The van der Waals surface area contributed by atoms with E-state index in [0.29, 0.717) is 12.3 Å². The van der Waals surface area contributed by atoms with Crippen LogP contribution in [0.4, 0.5) is 5.69 Å². The van der Waals surface area contributed by atoms with Gasteiger partial charge in [-0.2, -0.15) is 0 Å². The predicted octanol–water partition coefficient (Wildman–Crippen LogP) is 4.80.